The molecule has 0 atom stereocenters. The Balaban J connectivity index is 1.18. The van der Waals surface area contributed by atoms with Gasteiger partial charge in [0.15, 0.2) is 29.0 Å². The first-order valence-electron chi connectivity index (χ1n) is 16.1. The molecule has 12 nitrogen and oxygen atoms in total. The van der Waals surface area contributed by atoms with E-state index in [0.717, 1.165) is 44.1 Å². The molecule has 2 amide bonds. The largest absolute Gasteiger partial charge is 0.494 e. The number of amides is 2. The lowest BCUT2D eigenvalue weighted by Gasteiger charge is -2.30. The van der Waals surface area contributed by atoms with E-state index in [9.17, 15) is 18.4 Å². The Morgan fingerprint density at radius 2 is 1.79 bits per heavy atom. The van der Waals surface area contributed by atoms with Gasteiger partial charge < -0.3 is 31.7 Å². The molecule has 0 aliphatic heterocycles. The van der Waals surface area contributed by atoms with Crippen LogP contribution in [0.5, 0.6) is 5.75 Å². The Morgan fingerprint density at radius 1 is 1.04 bits per heavy atom. The van der Waals surface area contributed by atoms with Gasteiger partial charge in [0.05, 0.1) is 19.0 Å². The lowest BCUT2D eigenvalue weighted by atomic mass is 9.90. The zero-order valence-electron chi connectivity index (χ0n) is 27.0. The number of nitrogens with two attached hydrogens (primary N) is 1. The maximum atomic E-state index is 14.9. The molecule has 0 bridgehead atoms. The van der Waals surface area contributed by atoms with Crippen molar-refractivity contribution in [1.82, 2.24) is 30.3 Å². The summed E-state index contributed by atoms with van der Waals surface area (Å²) in [5.74, 6) is -2.08. The van der Waals surface area contributed by atoms with Crippen LogP contribution in [0.1, 0.15) is 67.8 Å². The number of halogens is 2. The highest BCUT2D eigenvalue weighted by Gasteiger charge is 2.25. The fraction of sp³-hybridized carbons (Fsp3) is 0.382. The SMILES string of the molecule is CCc1cc(Nc2nccn3c(-c4ccc(OC)c(F)c4F)cnc23)ccc1C(=O)N[C@H]1CC[C@@H](NC(=O)CCCCNC(=N)N)CC1. The number of nitrogens with one attached hydrogen (secondary N) is 5. The summed E-state index contributed by atoms with van der Waals surface area (Å²) in [6, 6.07) is 8.39. The van der Waals surface area contributed by atoms with Gasteiger partial charge in [0, 0.05) is 54.3 Å². The summed E-state index contributed by atoms with van der Waals surface area (Å²) in [6.07, 6.45) is 10.3. The number of rotatable bonds is 13. The quantitative estimate of drug-likeness (QED) is 0.0674. The lowest BCUT2D eigenvalue weighted by molar-refractivity contribution is -0.122. The fourth-order valence-electron chi connectivity index (χ4n) is 5.99. The molecule has 48 heavy (non-hydrogen) atoms. The number of guanidine groups is 1. The third-order valence-corrected chi connectivity index (χ3v) is 8.54. The van der Waals surface area contributed by atoms with Crippen molar-refractivity contribution >= 4 is 34.9 Å². The summed E-state index contributed by atoms with van der Waals surface area (Å²) in [5.41, 5.74) is 8.19. The number of ether oxygens (including phenoxy) is 1. The first kappa shape index (κ1) is 34.1. The second kappa shape index (κ2) is 15.5. The van der Waals surface area contributed by atoms with Crippen molar-refractivity contribution in [3.63, 3.8) is 0 Å². The van der Waals surface area contributed by atoms with E-state index in [0.29, 0.717) is 47.8 Å². The van der Waals surface area contributed by atoms with Crippen LogP contribution in [0.4, 0.5) is 20.3 Å². The van der Waals surface area contributed by atoms with Crippen molar-refractivity contribution in [1.29, 1.82) is 5.41 Å². The normalized spacial score (nSPS) is 15.9. The Hall–Kier alpha value is -5.27. The number of carbonyl (C=O) groups excluding carboxylic acids is 2. The van der Waals surface area contributed by atoms with Crippen molar-refractivity contribution in [3.8, 4) is 17.0 Å². The predicted molar refractivity (Wildman–Crippen MR) is 179 cm³/mol. The number of benzene rings is 2. The van der Waals surface area contributed by atoms with Crippen molar-refractivity contribution in [2.24, 2.45) is 5.73 Å². The summed E-state index contributed by atoms with van der Waals surface area (Å²) in [5, 5.41) is 19.4. The zero-order valence-corrected chi connectivity index (χ0v) is 27.0. The van der Waals surface area contributed by atoms with E-state index >= 15 is 0 Å². The molecule has 2 aromatic heterocycles. The average Bonchev–Trinajstić information content (AvgIpc) is 3.51. The van der Waals surface area contributed by atoms with Crippen molar-refractivity contribution in [3.05, 3.63) is 71.7 Å². The van der Waals surface area contributed by atoms with Crippen LogP contribution in [-0.4, -0.2) is 57.9 Å². The number of methoxy groups -OCH3 is 1. The van der Waals surface area contributed by atoms with Crippen LogP contribution < -0.4 is 31.7 Å². The van der Waals surface area contributed by atoms with E-state index in [1.54, 1.807) is 22.7 Å². The molecular weight excluding hydrogens is 620 g/mol. The molecular formula is C34H41F2N9O3. The maximum Gasteiger partial charge on any atom is 0.251 e. The van der Waals surface area contributed by atoms with Gasteiger partial charge in [-0.15, -0.1) is 0 Å². The Labute approximate surface area is 277 Å². The van der Waals surface area contributed by atoms with Crippen LogP contribution in [0.15, 0.2) is 48.9 Å². The lowest BCUT2D eigenvalue weighted by Crippen LogP contribution is -2.44. The van der Waals surface area contributed by atoms with Crippen LogP contribution in [0.25, 0.3) is 16.9 Å². The van der Waals surface area contributed by atoms with Crippen LogP contribution in [-0.2, 0) is 11.2 Å². The fourth-order valence-corrected chi connectivity index (χ4v) is 5.99. The molecule has 4 aromatic rings. The Kier molecular flexibility index (Phi) is 11.0. The molecule has 2 aromatic carbocycles. The van der Waals surface area contributed by atoms with E-state index < -0.39 is 11.6 Å². The van der Waals surface area contributed by atoms with Gasteiger partial charge in [-0.25, -0.2) is 14.4 Å². The van der Waals surface area contributed by atoms with Crippen LogP contribution in [0, 0.1) is 17.0 Å². The van der Waals surface area contributed by atoms with Gasteiger partial charge in [0.25, 0.3) is 5.91 Å². The second-order valence-electron chi connectivity index (χ2n) is 11.8. The van der Waals surface area contributed by atoms with Crippen LogP contribution in [0.2, 0.25) is 0 Å². The minimum atomic E-state index is -1.08. The van der Waals surface area contributed by atoms with E-state index in [2.05, 4.69) is 31.2 Å². The monoisotopic (exact) mass is 661 g/mol. The molecule has 254 valence electrons. The number of anilines is 2. The number of imidazole rings is 1. The Bertz CT molecular complexity index is 1790. The number of hydrogen-bond donors (Lipinski definition) is 6. The molecule has 2 heterocycles. The number of unbranched alkanes of at least 4 members (excludes halogenated alkanes) is 1. The smallest absolute Gasteiger partial charge is 0.251 e. The molecule has 0 radical (unpaired) electrons. The molecule has 0 saturated heterocycles. The van der Waals surface area contributed by atoms with Gasteiger partial charge in [-0.05, 0) is 80.8 Å². The van der Waals surface area contributed by atoms with Crippen LogP contribution >= 0.6 is 0 Å². The van der Waals surface area contributed by atoms with Gasteiger partial charge in [0.2, 0.25) is 11.7 Å². The topological polar surface area (TPSA) is 172 Å². The number of nitrogens with zero attached hydrogens (tertiary/aromatic N) is 3. The summed E-state index contributed by atoms with van der Waals surface area (Å²) in [4.78, 5) is 34.5. The number of aromatic nitrogens is 3. The molecule has 1 aliphatic carbocycles. The van der Waals surface area contributed by atoms with Crippen molar-refractivity contribution in [2.45, 2.75) is 70.4 Å². The Morgan fingerprint density at radius 3 is 2.50 bits per heavy atom. The van der Waals surface area contributed by atoms with Gasteiger partial charge in [-0.3, -0.25) is 19.4 Å². The second-order valence-corrected chi connectivity index (χ2v) is 11.8. The van der Waals surface area contributed by atoms with Crippen LogP contribution in [0.3, 0.4) is 0 Å². The summed E-state index contributed by atoms with van der Waals surface area (Å²) >= 11 is 0. The van der Waals surface area contributed by atoms with Crippen molar-refractivity contribution < 1.29 is 23.1 Å². The highest BCUT2D eigenvalue weighted by Crippen LogP contribution is 2.32. The number of hydrogen-bond acceptors (Lipinski definition) is 7. The molecule has 1 saturated carbocycles. The number of aryl methyl sites for hydroxylation is 1. The molecule has 5 rings (SSSR count). The minimum absolute atomic E-state index is 0.0197. The predicted octanol–water partition coefficient (Wildman–Crippen LogP) is 4.80. The highest BCUT2D eigenvalue weighted by atomic mass is 19.2. The molecule has 1 fully saturated rings. The molecule has 7 N–H and O–H groups in total. The van der Waals surface area contributed by atoms with E-state index in [4.69, 9.17) is 15.9 Å². The van der Waals surface area contributed by atoms with Gasteiger partial charge >= 0.3 is 0 Å². The van der Waals surface area contributed by atoms with Gasteiger partial charge in [0.1, 0.15) is 0 Å². The average molecular weight is 662 g/mol. The number of fused-ring (bicyclic) bond motifs is 1. The highest BCUT2D eigenvalue weighted by molar-refractivity contribution is 5.96. The minimum Gasteiger partial charge on any atom is -0.494 e. The standard InChI is InChI=1S/C34H41F2N9O3/c1-3-20-18-23(43-31-32-41-19-26(45(32)17-16-39-31)25-13-14-27(48-2)30(36)29(25)35)11-12-24(20)33(47)44-22-9-7-21(8-10-22)42-28(46)6-4-5-15-40-34(37)38/h11-14,16-19,21-22H,3-10,15H2,1-2H3,(H,39,43)(H,42,46)(H,44,47)(H4,37,38,40)/t21-,22+. The van der Waals surface area contributed by atoms with E-state index in [-0.39, 0.29) is 41.2 Å². The summed E-state index contributed by atoms with van der Waals surface area (Å²) in [6.45, 7) is 2.55. The zero-order chi connectivity index (χ0) is 34.2. The molecule has 1 aliphatic rings. The third kappa shape index (κ3) is 7.99. The van der Waals surface area contributed by atoms with Crippen molar-refractivity contribution in [2.75, 3.05) is 19.0 Å². The maximum absolute atomic E-state index is 14.9. The first-order chi connectivity index (χ1) is 23.2. The van der Waals surface area contributed by atoms with Gasteiger partial charge in [-0.2, -0.15) is 4.39 Å². The summed E-state index contributed by atoms with van der Waals surface area (Å²) < 4.78 is 35.8. The number of carbonyl (C=O) groups is 2. The van der Waals surface area contributed by atoms with Gasteiger partial charge in [-0.1, -0.05) is 6.92 Å². The molecule has 0 unspecified atom stereocenters. The summed E-state index contributed by atoms with van der Waals surface area (Å²) in [7, 11) is 1.28. The van der Waals surface area contributed by atoms with E-state index in [1.807, 2.05) is 13.0 Å². The molecule has 0 spiro atoms. The third-order valence-electron chi connectivity index (χ3n) is 8.54. The van der Waals surface area contributed by atoms with E-state index in [1.165, 1.54) is 31.6 Å². The molecule has 14 heteroatoms. The first-order valence-corrected chi connectivity index (χ1v) is 16.1.